The van der Waals surface area contributed by atoms with Gasteiger partial charge in [-0.25, -0.2) is 14.2 Å². The molecule has 9 heteroatoms. The second-order valence-electron chi connectivity index (χ2n) is 9.84. The Hall–Kier alpha value is -4.34. The van der Waals surface area contributed by atoms with Crippen LogP contribution in [-0.2, 0) is 6.54 Å². The molecule has 1 amide bonds. The summed E-state index contributed by atoms with van der Waals surface area (Å²) in [4.78, 5) is 22.2. The summed E-state index contributed by atoms with van der Waals surface area (Å²) in [5, 5.41) is 12.0. The van der Waals surface area contributed by atoms with Crippen molar-refractivity contribution in [2.45, 2.75) is 13.5 Å². The van der Waals surface area contributed by atoms with Gasteiger partial charge >= 0.3 is 0 Å². The van der Waals surface area contributed by atoms with Crippen molar-refractivity contribution in [3.63, 3.8) is 0 Å². The summed E-state index contributed by atoms with van der Waals surface area (Å²) in [5.74, 6) is -0.135. The summed E-state index contributed by atoms with van der Waals surface area (Å²) in [7, 11) is 2.16. The fraction of sp³-hybridized carbons (Fsp3) is 0.241. The normalized spacial score (nSPS) is 14.7. The third-order valence-electron chi connectivity index (χ3n) is 7.09. The van der Waals surface area contributed by atoms with E-state index in [0.717, 1.165) is 60.9 Å². The molecule has 3 aromatic heterocycles. The molecule has 192 valence electrons. The molecule has 0 bridgehead atoms. The molecule has 0 saturated carbocycles. The second kappa shape index (κ2) is 10.2. The van der Waals surface area contributed by atoms with E-state index in [1.807, 2.05) is 72.4 Å². The van der Waals surface area contributed by atoms with Crippen LogP contribution in [0.1, 0.15) is 21.5 Å². The van der Waals surface area contributed by atoms with Crippen LogP contribution in [0.4, 0.5) is 5.69 Å². The smallest absolute Gasteiger partial charge is 0.255 e. The fourth-order valence-corrected chi connectivity index (χ4v) is 4.78. The van der Waals surface area contributed by atoms with Crippen LogP contribution in [0.15, 0.2) is 79.4 Å². The van der Waals surface area contributed by atoms with E-state index in [1.165, 1.54) is 5.56 Å². The molecule has 38 heavy (non-hydrogen) atoms. The van der Waals surface area contributed by atoms with Crippen LogP contribution in [-0.4, -0.2) is 73.3 Å². The number of hydrogen-bond acceptors (Lipinski definition) is 6. The number of likely N-dealkylation sites (N-methyl/N-ethyl adjacent to an activating group) is 1. The molecule has 9 nitrogen and oxygen atoms in total. The molecule has 0 unspecified atom stereocenters. The number of rotatable bonds is 6. The van der Waals surface area contributed by atoms with Crippen molar-refractivity contribution < 1.29 is 4.79 Å². The van der Waals surface area contributed by atoms with Gasteiger partial charge in [0.2, 0.25) is 0 Å². The fourth-order valence-electron chi connectivity index (χ4n) is 4.78. The average molecular weight is 507 g/mol. The Kier molecular flexibility index (Phi) is 6.45. The quantitative estimate of drug-likeness (QED) is 0.376. The molecule has 1 aliphatic heterocycles. The van der Waals surface area contributed by atoms with Gasteiger partial charge in [0.25, 0.3) is 5.91 Å². The summed E-state index contributed by atoms with van der Waals surface area (Å²) in [6.45, 7) is 7.27. The lowest BCUT2D eigenvalue weighted by molar-refractivity contribution is 0.102. The summed E-state index contributed by atoms with van der Waals surface area (Å²) >= 11 is 0. The minimum absolute atomic E-state index is 0.135. The molecule has 4 heterocycles. The summed E-state index contributed by atoms with van der Waals surface area (Å²) in [5.41, 5.74) is 7.05. The highest BCUT2D eigenvalue weighted by Crippen LogP contribution is 2.24. The Morgan fingerprint density at radius 2 is 1.79 bits per heavy atom. The number of carbonyl (C=O) groups is 1. The Labute approximate surface area is 221 Å². The van der Waals surface area contributed by atoms with Crippen molar-refractivity contribution in [1.29, 1.82) is 0 Å². The molecule has 1 saturated heterocycles. The number of anilines is 1. The third kappa shape index (κ3) is 4.93. The lowest BCUT2D eigenvalue weighted by atomic mass is 10.1. The first-order valence-corrected chi connectivity index (χ1v) is 12.8. The van der Waals surface area contributed by atoms with E-state index >= 15 is 0 Å². The zero-order valence-corrected chi connectivity index (χ0v) is 21.6. The number of benzene rings is 2. The van der Waals surface area contributed by atoms with Crippen LogP contribution in [0.2, 0.25) is 0 Å². The molecule has 0 radical (unpaired) electrons. The highest BCUT2D eigenvalue weighted by Gasteiger charge is 2.15. The maximum atomic E-state index is 13.0. The number of amides is 1. The largest absolute Gasteiger partial charge is 0.322 e. The number of nitrogens with one attached hydrogen (secondary N) is 1. The van der Waals surface area contributed by atoms with Gasteiger partial charge in [0, 0.05) is 61.9 Å². The maximum Gasteiger partial charge on any atom is 0.255 e. The lowest BCUT2D eigenvalue weighted by Gasteiger charge is -2.32. The SMILES string of the molecule is Cc1ccc(NC(=O)c2ccc(CN3CCN(C)CC3)cc2)cc1-n1cc(-c2cnc3cccnn23)cn1. The summed E-state index contributed by atoms with van der Waals surface area (Å²) < 4.78 is 3.61. The summed E-state index contributed by atoms with van der Waals surface area (Å²) in [6, 6.07) is 17.5. The van der Waals surface area contributed by atoms with Gasteiger partial charge in [-0.2, -0.15) is 10.2 Å². The van der Waals surface area contributed by atoms with Crippen molar-refractivity contribution in [3.05, 3.63) is 96.1 Å². The van der Waals surface area contributed by atoms with Crippen LogP contribution in [0.25, 0.3) is 22.6 Å². The molecule has 2 aromatic carbocycles. The summed E-state index contributed by atoms with van der Waals surface area (Å²) in [6.07, 6.45) is 7.28. The first-order valence-electron chi connectivity index (χ1n) is 12.8. The van der Waals surface area contributed by atoms with Gasteiger partial charge in [0.15, 0.2) is 5.65 Å². The Balaban J connectivity index is 1.16. The Bertz CT molecular complexity index is 1580. The highest BCUT2D eigenvalue weighted by molar-refractivity contribution is 6.04. The van der Waals surface area contributed by atoms with E-state index in [9.17, 15) is 4.79 Å². The van der Waals surface area contributed by atoms with Crippen molar-refractivity contribution in [2.75, 3.05) is 38.5 Å². The number of aryl methyl sites for hydroxylation is 1. The van der Waals surface area contributed by atoms with Gasteiger partial charge in [-0.3, -0.25) is 9.69 Å². The average Bonchev–Trinajstić information content (AvgIpc) is 3.59. The minimum atomic E-state index is -0.135. The molecule has 1 aliphatic rings. The minimum Gasteiger partial charge on any atom is -0.322 e. The van der Waals surface area contributed by atoms with Gasteiger partial charge < -0.3 is 10.2 Å². The molecule has 0 aliphatic carbocycles. The molecule has 1 N–H and O–H groups in total. The second-order valence-corrected chi connectivity index (χ2v) is 9.84. The number of imidazole rings is 1. The van der Waals surface area contributed by atoms with Crippen LogP contribution < -0.4 is 5.32 Å². The lowest BCUT2D eigenvalue weighted by Crippen LogP contribution is -2.43. The highest BCUT2D eigenvalue weighted by atomic mass is 16.1. The molecule has 0 atom stereocenters. The van der Waals surface area contributed by atoms with Crippen molar-refractivity contribution >= 4 is 17.2 Å². The zero-order chi connectivity index (χ0) is 26.1. The van der Waals surface area contributed by atoms with Gasteiger partial charge in [0.1, 0.15) is 0 Å². The van der Waals surface area contributed by atoms with Crippen molar-refractivity contribution in [2.24, 2.45) is 0 Å². The maximum absolute atomic E-state index is 13.0. The van der Waals surface area contributed by atoms with Gasteiger partial charge in [-0.05, 0) is 61.5 Å². The Morgan fingerprint density at radius 1 is 0.974 bits per heavy atom. The number of hydrogen-bond donors (Lipinski definition) is 1. The predicted molar refractivity (Wildman–Crippen MR) is 147 cm³/mol. The zero-order valence-electron chi connectivity index (χ0n) is 21.6. The number of fused-ring (bicyclic) bond motifs is 1. The van der Waals surface area contributed by atoms with Crippen LogP contribution in [0.5, 0.6) is 0 Å². The van der Waals surface area contributed by atoms with Gasteiger partial charge in [-0.15, -0.1) is 0 Å². The molecular formula is C29H30N8O. The molecule has 1 fully saturated rings. The van der Waals surface area contributed by atoms with Crippen LogP contribution >= 0.6 is 0 Å². The van der Waals surface area contributed by atoms with E-state index in [1.54, 1.807) is 23.1 Å². The number of carbonyl (C=O) groups excluding carboxylic acids is 1. The van der Waals surface area contributed by atoms with Crippen molar-refractivity contribution in [1.82, 2.24) is 34.2 Å². The van der Waals surface area contributed by atoms with E-state index in [0.29, 0.717) is 11.3 Å². The van der Waals surface area contributed by atoms with E-state index in [2.05, 4.69) is 37.3 Å². The monoisotopic (exact) mass is 506 g/mol. The van der Waals surface area contributed by atoms with E-state index in [4.69, 9.17) is 0 Å². The Morgan fingerprint density at radius 3 is 2.61 bits per heavy atom. The van der Waals surface area contributed by atoms with Gasteiger partial charge in [-0.1, -0.05) is 18.2 Å². The number of piperazine rings is 1. The number of aromatic nitrogens is 5. The molecule has 0 spiro atoms. The predicted octanol–water partition coefficient (Wildman–Crippen LogP) is 3.89. The van der Waals surface area contributed by atoms with Gasteiger partial charge in [0.05, 0.1) is 23.8 Å². The number of nitrogens with zero attached hydrogens (tertiary/aromatic N) is 7. The first-order chi connectivity index (χ1) is 18.5. The van der Waals surface area contributed by atoms with E-state index < -0.39 is 0 Å². The standard InChI is InChI=1S/C29H30N8O/c1-21-5-10-25(33-29(38)23-8-6-22(7-9-23)19-35-14-12-34(2)13-15-35)16-26(21)36-20-24(17-32-36)27-18-30-28-4-3-11-31-37(27)28/h3-11,16-18,20H,12-15,19H2,1-2H3,(H,33,38). The first kappa shape index (κ1) is 24.0. The third-order valence-corrected chi connectivity index (χ3v) is 7.09. The van der Waals surface area contributed by atoms with E-state index in [-0.39, 0.29) is 5.91 Å². The molecule has 5 aromatic rings. The van der Waals surface area contributed by atoms with Crippen LogP contribution in [0, 0.1) is 6.92 Å². The molecular weight excluding hydrogens is 476 g/mol. The molecule has 6 rings (SSSR count). The topological polar surface area (TPSA) is 83.6 Å². The van der Waals surface area contributed by atoms with Crippen molar-refractivity contribution in [3.8, 4) is 16.9 Å². The van der Waals surface area contributed by atoms with Crippen LogP contribution in [0.3, 0.4) is 0 Å².